The SMILES string of the molecule is CN1CCC(N2C[C@H]3C[C@H](OCC4CC4)[C@@H](NC(=O)c4cnc[nH]4)C[C@H]3C2)CC1. The van der Waals surface area contributed by atoms with Crippen molar-refractivity contribution in [3.05, 3.63) is 18.2 Å². The molecular weight excluding hydrogens is 366 g/mol. The van der Waals surface area contributed by atoms with Gasteiger partial charge in [-0.1, -0.05) is 0 Å². The molecule has 2 saturated heterocycles. The molecule has 7 nitrogen and oxygen atoms in total. The Kier molecular flexibility index (Phi) is 5.63. The summed E-state index contributed by atoms with van der Waals surface area (Å²) in [6.45, 7) is 5.69. The summed E-state index contributed by atoms with van der Waals surface area (Å²) in [5.74, 6) is 2.06. The number of amides is 1. The molecule has 2 saturated carbocycles. The molecule has 1 amide bonds. The van der Waals surface area contributed by atoms with Gasteiger partial charge in [-0.3, -0.25) is 9.69 Å². The second-order valence-corrected chi connectivity index (χ2v) is 9.84. The van der Waals surface area contributed by atoms with E-state index in [-0.39, 0.29) is 18.1 Å². The monoisotopic (exact) mass is 401 g/mol. The van der Waals surface area contributed by atoms with Gasteiger partial charge in [0.05, 0.1) is 24.7 Å². The summed E-state index contributed by atoms with van der Waals surface area (Å²) in [5, 5.41) is 3.27. The Morgan fingerprint density at radius 3 is 2.66 bits per heavy atom. The first kappa shape index (κ1) is 19.5. The number of H-pyrrole nitrogens is 1. The number of nitrogens with zero attached hydrogens (tertiary/aromatic N) is 3. The second kappa shape index (κ2) is 8.36. The maximum absolute atomic E-state index is 12.7. The number of imidazole rings is 1. The fourth-order valence-corrected chi connectivity index (χ4v) is 5.61. The first-order chi connectivity index (χ1) is 14.2. The Bertz CT molecular complexity index is 683. The minimum atomic E-state index is -0.0591. The highest BCUT2D eigenvalue weighted by molar-refractivity contribution is 5.92. The van der Waals surface area contributed by atoms with Crippen LogP contribution in [0, 0.1) is 17.8 Å². The van der Waals surface area contributed by atoms with Crippen LogP contribution in [0.15, 0.2) is 12.5 Å². The Morgan fingerprint density at radius 1 is 1.21 bits per heavy atom. The van der Waals surface area contributed by atoms with Gasteiger partial charge in [-0.15, -0.1) is 0 Å². The Morgan fingerprint density at radius 2 is 1.97 bits per heavy atom. The van der Waals surface area contributed by atoms with E-state index >= 15 is 0 Å². The van der Waals surface area contributed by atoms with E-state index in [1.165, 1.54) is 51.9 Å². The molecule has 4 aliphatic rings. The number of aromatic nitrogens is 2. The van der Waals surface area contributed by atoms with Crippen LogP contribution < -0.4 is 5.32 Å². The maximum atomic E-state index is 12.7. The molecule has 1 aromatic rings. The molecule has 1 aromatic heterocycles. The van der Waals surface area contributed by atoms with E-state index < -0.39 is 0 Å². The van der Waals surface area contributed by atoms with Crippen molar-refractivity contribution in [3.63, 3.8) is 0 Å². The summed E-state index contributed by atoms with van der Waals surface area (Å²) in [4.78, 5) is 24.8. The van der Waals surface area contributed by atoms with E-state index in [1.807, 2.05) is 0 Å². The van der Waals surface area contributed by atoms with E-state index in [0.29, 0.717) is 17.5 Å². The summed E-state index contributed by atoms with van der Waals surface area (Å²) >= 11 is 0. The predicted octanol–water partition coefficient (Wildman–Crippen LogP) is 1.74. The Balaban J connectivity index is 1.23. The van der Waals surface area contributed by atoms with Gasteiger partial charge in [-0.2, -0.15) is 0 Å². The van der Waals surface area contributed by atoms with Crippen LogP contribution in [0.2, 0.25) is 0 Å². The lowest BCUT2D eigenvalue weighted by Gasteiger charge is -2.38. The lowest BCUT2D eigenvalue weighted by molar-refractivity contribution is -0.0212. The number of hydrogen-bond donors (Lipinski definition) is 2. The van der Waals surface area contributed by atoms with Crippen LogP contribution in [0.5, 0.6) is 0 Å². The number of nitrogens with one attached hydrogen (secondary N) is 2. The van der Waals surface area contributed by atoms with Gasteiger partial charge in [-0.25, -0.2) is 4.98 Å². The standard InChI is InChI=1S/C22H35N5O2/c1-26-6-4-18(5-7-26)27-11-16-8-19(25-22(28)20-10-23-14-24-20)21(9-17(16)12-27)29-13-15-2-3-15/h10,14-19,21H,2-9,11-13H2,1H3,(H,23,24)(H,25,28)/t16-,17+,19-,21-/m0/s1. The van der Waals surface area contributed by atoms with Crippen LogP contribution in [0.25, 0.3) is 0 Å². The number of rotatable bonds is 6. The molecule has 3 heterocycles. The number of aromatic amines is 1. The van der Waals surface area contributed by atoms with Crippen LogP contribution in [0.3, 0.4) is 0 Å². The largest absolute Gasteiger partial charge is 0.376 e. The fourth-order valence-electron chi connectivity index (χ4n) is 5.61. The molecule has 7 heteroatoms. The zero-order valence-electron chi connectivity index (χ0n) is 17.6. The van der Waals surface area contributed by atoms with Gasteiger partial charge in [0.25, 0.3) is 5.91 Å². The van der Waals surface area contributed by atoms with E-state index in [2.05, 4.69) is 32.1 Å². The van der Waals surface area contributed by atoms with Crippen LogP contribution >= 0.6 is 0 Å². The molecule has 2 aliphatic heterocycles. The Hall–Kier alpha value is -1.44. The lowest BCUT2D eigenvalue weighted by atomic mass is 9.77. The van der Waals surface area contributed by atoms with Gasteiger partial charge in [0.15, 0.2) is 0 Å². The topological polar surface area (TPSA) is 73.5 Å². The van der Waals surface area contributed by atoms with Crippen LogP contribution in [-0.2, 0) is 4.74 Å². The van der Waals surface area contributed by atoms with Gasteiger partial charge in [0.2, 0.25) is 0 Å². The first-order valence-electron chi connectivity index (χ1n) is 11.5. The average molecular weight is 402 g/mol. The normalized spacial score (nSPS) is 34.2. The molecule has 29 heavy (non-hydrogen) atoms. The molecule has 0 aromatic carbocycles. The highest BCUT2D eigenvalue weighted by atomic mass is 16.5. The summed E-state index contributed by atoms with van der Waals surface area (Å²) in [6.07, 6.45) is 10.6. The second-order valence-electron chi connectivity index (χ2n) is 9.84. The minimum Gasteiger partial charge on any atom is -0.376 e. The smallest absolute Gasteiger partial charge is 0.269 e. The van der Waals surface area contributed by atoms with E-state index in [9.17, 15) is 4.79 Å². The maximum Gasteiger partial charge on any atom is 0.269 e. The van der Waals surface area contributed by atoms with Crippen molar-refractivity contribution >= 4 is 5.91 Å². The number of likely N-dealkylation sites (tertiary alicyclic amines) is 2. The molecule has 4 fully saturated rings. The molecule has 0 spiro atoms. The van der Waals surface area contributed by atoms with Gasteiger partial charge < -0.3 is 19.9 Å². The van der Waals surface area contributed by atoms with Crippen molar-refractivity contribution < 1.29 is 9.53 Å². The fraction of sp³-hybridized carbons (Fsp3) is 0.818. The molecule has 2 N–H and O–H groups in total. The third-order valence-electron chi connectivity index (χ3n) is 7.65. The van der Waals surface area contributed by atoms with Crippen molar-refractivity contribution in [1.82, 2.24) is 25.1 Å². The zero-order valence-corrected chi connectivity index (χ0v) is 17.6. The average Bonchev–Trinajstić information content (AvgIpc) is 3.21. The Labute approximate surface area is 173 Å². The van der Waals surface area contributed by atoms with E-state index in [4.69, 9.17) is 4.74 Å². The third-order valence-corrected chi connectivity index (χ3v) is 7.65. The predicted molar refractivity (Wildman–Crippen MR) is 111 cm³/mol. The van der Waals surface area contributed by atoms with Crippen LogP contribution in [0.1, 0.15) is 49.0 Å². The highest BCUT2D eigenvalue weighted by Gasteiger charge is 2.45. The molecule has 0 radical (unpaired) electrons. The van der Waals surface area contributed by atoms with Crippen LogP contribution in [0.4, 0.5) is 0 Å². The summed E-state index contributed by atoms with van der Waals surface area (Å²) in [6, 6.07) is 0.837. The van der Waals surface area contributed by atoms with Gasteiger partial charge in [0.1, 0.15) is 5.69 Å². The first-order valence-corrected chi connectivity index (χ1v) is 11.5. The number of ether oxygens (including phenoxy) is 1. The van der Waals surface area contributed by atoms with E-state index in [0.717, 1.165) is 31.4 Å². The zero-order chi connectivity index (χ0) is 19.8. The van der Waals surface area contributed by atoms with Crippen molar-refractivity contribution in [2.24, 2.45) is 17.8 Å². The van der Waals surface area contributed by atoms with Gasteiger partial charge in [-0.05, 0) is 76.4 Å². The van der Waals surface area contributed by atoms with E-state index in [1.54, 1.807) is 12.5 Å². The molecule has 4 atom stereocenters. The van der Waals surface area contributed by atoms with Crippen molar-refractivity contribution in [2.75, 3.05) is 39.8 Å². The third kappa shape index (κ3) is 4.52. The molecule has 0 bridgehead atoms. The summed E-state index contributed by atoms with van der Waals surface area (Å²) in [5.41, 5.74) is 0.535. The quantitative estimate of drug-likeness (QED) is 0.760. The number of carbonyl (C=O) groups is 1. The summed E-state index contributed by atoms with van der Waals surface area (Å²) < 4.78 is 6.37. The minimum absolute atomic E-state index is 0.0591. The van der Waals surface area contributed by atoms with Gasteiger partial charge >= 0.3 is 0 Å². The molecule has 0 unspecified atom stereocenters. The molecule has 5 rings (SSSR count). The molecule has 2 aliphatic carbocycles. The van der Waals surface area contributed by atoms with Crippen molar-refractivity contribution in [1.29, 1.82) is 0 Å². The van der Waals surface area contributed by atoms with Crippen LogP contribution in [-0.4, -0.2) is 83.7 Å². The lowest BCUT2D eigenvalue weighted by Crippen LogP contribution is -2.50. The number of fused-ring (bicyclic) bond motifs is 1. The molecule has 160 valence electrons. The van der Waals surface area contributed by atoms with Crippen molar-refractivity contribution in [3.8, 4) is 0 Å². The number of piperidine rings is 1. The van der Waals surface area contributed by atoms with Gasteiger partial charge in [0, 0.05) is 25.7 Å². The van der Waals surface area contributed by atoms with Crippen molar-refractivity contribution in [2.45, 2.75) is 56.7 Å². The summed E-state index contributed by atoms with van der Waals surface area (Å²) in [7, 11) is 2.23. The number of hydrogen-bond acceptors (Lipinski definition) is 5. The number of carbonyl (C=O) groups excluding carboxylic acids is 1. The molecular formula is C22H35N5O2. The highest BCUT2D eigenvalue weighted by Crippen LogP contribution is 2.40.